The van der Waals surface area contributed by atoms with Gasteiger partial charge >= 0.3 is 5.97 Å². The number of amides is 1. The summed E-state index contributed by atoms with van der Waals surface area (Å²) in [6.07, 6.45) is 4.70. The van der Waals surface area contributed by atoms with Gasteiger partial charge in [-0.05, 0) is 92.2 Å². The summed E-state index contributed by atoms with van der Waals surface area (Å²) in [5, 5.41) is 9.72. The Bertz CT molecular complexity index is 2260. The normalized spacial score (nSPS) is 15.7. The van der Waals surface area contributed by atoms with E-state index in [2.05, 4.69) is 6.07 Å². The van der Waals surface area contributed by atoms with Crippen LogP contribution in [0.25, 0.3) is 0 Å². The average Bonchev–Trinajstić information content (AvgIpc) is 3.97. The van der Waals surface area contributed by atoms with E-state index >= 15 is 17.6 Å². The zero-order valence-corrected chi connectivity index (χ0v) is 30.0. The lowest BCUT2D eigenvalue weighted by Crippen LogP contribution is -2.43. The van der Waals surface area contributed by atoms with Gasteiger partial charge in [0.05, 0.1) is 30.4 Å². The second kappa shape index (κ2) is 14.6. The minimum absolute atomic E-state index is 0.0239. The Morgan fingerprint density at radius 2 is 1.36 bits per heavy atom. The number of sulfonamides is 1. The molecule has 1 amide bonds. The number of hydrogen-bond donors (Lipinski definition) is 1. The van der Waals surface area contributed by atoms with Crippen LogP contribution in [0.2, 0.25) is 0 Å². The summed E-state index contributed by atoms with van der Waals surface area (Å²) in [5.74, 6) is -15.5. The predicted octanol–water partition coefficient (Wildman–Crippen LogP) is 8.39. The molecule has 3 fully saturated rings. The molecule has 0 saturated heterocycles. The maximum Gasteiger partial charge on any atom is 0.335 e. The zero-order valence-electron chi connectivity index (χ0n) is 29.2. The number of carboxylic acid groups (broad SMARTS) is 1. The smallest absolute Gasteiger partial charge is 0.335 e. The summed E-state index contributed by atoms with van der Waals surface area (Å²) in [7, 11) is -5.81. The van der Waals surface area contributed by atoms with Gasteiger partial charge in [-0.3, -0.25) is 4.79 Å². The number of rotatable bonds is 14. The third kappa shape index (κ3) is 7.92. The van der Waals surface area contributed by atoms with Crippen LogP contribution in [0.1, 0.15) is 88.5 Å². The van der Waals surface area contributed by atoms with Crippen molar-refractivity contribution in [1.82, 2.24) is 4.31 Å². The Morgan fingerprint density at radius 1 is 0.764 bits per heavy atom. The highest BCUT2D eigenvalue weighted by Crippen LogP contribution is 2.46. The second-order valence-electron chi connectivity index (χ2n) is 14.2. The number of benzene rings is 4. The van der Waals surface area contributed by atoms with Crippen LogP contribution in [-0.2, 0) is 27.9 Å². The molecule has 0 aromatic heterocycles. The summed E-state index contributed by atoms with van der Waals surface area (Å²) in [5.41, 5.74) is 0.0555. The quantitative estimate of drug-likeness (QED) is 0.0783. The summed E-state index contributed by atoms with van der Waals surface area (Å²) >= 11 is 0. The van der Waals surface area contributed by atoms with E-state index in [1.165, 1.54) is 18.2 Å². The van der Waals surface area contributed by atoms with Gasteiger partial charge in [-0.15, -0.1) is 0 Å². The minimum Gasteiger partial charge on any atom is -0.488 e. The lowest BCUT2D eigenvalue weighted by molar-refractivity contribution is -0.119. The summed E-state index contributed by atoms with van der Waals surface area (Å²) in [4.78, 5) is 25.6. The first kappa shape index (κ1) is 38.3. The van der Waals surface area contributed by atoms with Gasteiger partial charge in [0.25, 0.3) is 0 Å². The average molecular weight is 791 g/mol. The summed E-state index contributed by atoms with van der Waals surface area (Å²) < 4.78 is 138. The van der Waals surface area contributed by atoms with Crippen LogP contribution >= 0.6 is 0 Å². The Kier molecular flexibility index (Phi) is 10.2. The van der Waals surface area contributed by atoms with Crippen LogP contribution < -0.4 is 9.64 Å². The monoisotopic (exact) mass is 790 g/mol. The first-order valence-corrected chi connectivity index (χ1v) is 18.9. The van der Waals surface area contributed by atoms with Gasteiger partial charge in [-0.2, -0.15) is 4.31 Å². The number of hydrogen-bond acceptors (Lipinski definition) is 5. The molecule has 0 radical (unpaired) electrons. The van der Waals surface area contributed by atoms with E-state index in [1.54, 1.807) is 0 Å². The molecule has 4 aromatic rings. The number of carboxylic acids is 1. The van der Waals surface area contributed by atoms with Crippen molar-refractivity contribution in [2.24, 2.45) is 0 Å². The molecule has 3 saturated carbocycles. The zero-order chi connectivity index (χ0) is 39.5. The minimum atomic E-state index is -5.81. The maximum absolute atomic E-state index is 15.4. The molecule has 4 aromatic carbocycles. The van der Waals surface area contributed by atoms with Crippen molar-refractivity contribution in [3.8, 4) is 5.75 Å². The lowest BCUT2D eigenvalue weighted by Gasteiger charge is -2.29. The van der Waals surface area contributed by atoms with Crippen molar-refractivity contribution in [2.75, 3.05) is 11.4 Å². The topological polar surface area (TPSA) is 104 Å². The molecule has 0 unspecified atom stereocenters. The van der Waals surface area contributed by atoms with E-state index in [4.69, 9.17) is 4.74 Å². The van der Waals surface area contributed by atoms with E-state index in [0.29, 0.717) is 25.3 Å². The molecule has 0 bridgehead atoms. The first-order valence-electron chi connectivity index (χ1n) is 17.5. The fourth-order valence-corrected chi connectivity index (χ4v) is 7.94. The molecule has 0 spiro atoms. The van der Waals surface area contributed by atoms with Gasteiger partial charge in [0.15, 0.2) is 28.2 Å². The fraction of sp³-hybridized carbons (Fsp3) is 0.333. The number of aromatic carboxylic acids is 1. The Hall–Kier alpha value is -4.96. The molecular weight excluding hydrogens is 757 g/mol. The summed E-state index contributed by atoms with van der Waals surface area (Å²) in [6, 6.07) is 9.92. The lowest BCUT2D eigenvalue weighted by atomic mass is 9.99. The number of anilines is 1. The van der Waals surface area contributed by atoms with Gasteiger partial charge in [0.1, 0.15) is 23.2 Å². The van der Waals surface area contributed by atoms with E-state index in [1.807, 2.05) is 12.1 Å². The highest BCUT2D eigenvalue weighted by atomic mass is 32.2. The van der Waals surface area contributed by atoms with Crippen molar-refractivity contribution in [3.63, 3.8) is 0 Å². The van der Waals surface area contributed by atoms with Crippen LogP contribution in [0.3, 0.4) is 0 Å². The van der Waals surface area contributed by atoms with Crippen molar-refractivity contribution in [1.29, 1.82) is 0 Å². The molecule has 3 aliphatic carbocycles. The van der Waals surface area contributed by atoms with Gasteiger partial charge < -0.3 is 14.7 Å². The molecule has 0 heterocycles. The Morgan fingerprint density at radius 3 is 1.91 bits per heavy atom. The molecule has 1 N–H and O–H groups in total. The van der Waals surface area contributed by atoms with E-state index in [9.17, 15) is 36.3 Å². The maximum atomic E-state index is 15.4. The number of nitrogens with zero attached hydrogens (tertiary/aromatic N) is 2. The number of halogens is 7. The third-order valence-corrected chi connectivity index (χ3v) is 11.7. The van der Waals surface area contributed by atoms with E-state index in [0.717, 1.165) is 41.7 Å². The molecule has 0 atom stereocenters. The molecule has 55 heavy (non-hydrogen) atoms. The summed E-state index contributed by atoms with van der Waals surface area (Å²) in [6.45, 7) is -2.50. The van der Waals surface area contributed by atoms with Crippen LogP contribution in [0.4, 0.5) is 36.4 Å². The second-order valence-corrected chi connectivity index (χ2v) is 16.0. The molecule has 7 rings (SSSR count). The molecule has 3 aliphatic rings. The first-order chi connectivity index (χ1) is 26.0. The van der Waals surface area contributed by atoms with Gasteiger partial charge in [0.2, 0.25) is 15.9 Å². The standard InChI is InChI=1S/C39H33F7N2O6S/c1-19-34(43)36(45)37(46)38(35(19)44)55(52,53)47(17-28-29(41)14-26(40)15-30(28)42)18-33(49)48(31-9-6-23(39(50)51)13-32(31)54-27-7-8-27)16-20-10-24(21-2-3-21)12-25(11-20)22-4-5-22/h6,9-15,21-22,27H,2-5,7-8,16-18H2,1H3,(H,50,51). The van der Waals surface area contributed by atoms with Gasteiger partial charge in [0, 0.05) is 29.8 Å². The number of ether oxygens (including phenoxy) is 1. The highest BCUT2D eigenvalue weighted by molar-refractivity contribution is 7.89. The van der Waals surface area contributed by atoms with Crippen LogP contribution in [0.15, 0.2) is 53.4 Å². The largest absolute Gasteiger partial charge is 0.488 e. The van der Waals surface area contributed by atoms with Gasteiger partial charge in [-0.1, -0.05) is 18.2 Å². The van der Waals surface area contributed by atoms with Crippen molar-refractivity contribution in [2.45, 2.75) is 81.4 Å². The van der Waals surface area contributed by atoms with Crippen LogP contribution in [-0.4, -0.2) is 42.4 Å². The molecule has 8 nitrogen and oxygen atoms in total. The molecule has 0 aliphatic heterocycles. The van der Waals surface area contributed by atoms with E-state index in [-0.39, 0.29) is 57.9 Å². The van der Waals surface area contributed by atoms with Crippen molar-refractivity contribution in [3.05, 3.63) is 123 Å². The Labute approximate surface area is 311 Å². The van der Waals surface area contributed by atoms with E-state index < -0.39 is 91.7 Å². The van der Waals surface area contributed by atoms with Crippen molar-refractivity contribution >= 4 is 27.6 Å². The Balaban J connectivity index is 1.36. The molecule has 16 heteroatoms. The fourth-order valence-electron chi connectivity index (χ4n) is 6.40. The highest BCUT2D eigenvalue weighted by Gasteiger charge is 2.39. The number of carbonyl (C=O) groups is 2. The third-order valence-electron chi connectivity index (χ3n) is 9.88. The molecule has 290 valence electrons. The number of carbonyl (C=O) groups excluding carboxylic acids is 1. The SMILES string of the molecule is Cc1c(F)c(F)c(F)c(S(=O)(=O)N(CC(=O)N(Cc2cc(C3CC3)cc(C3CC3)c2)c2ccc(C(=O)O)cc2OC2CC2)Cc2c(F)cc(F)cc2F)c1F. The molecular formula is C39H33F7N2O6S. The van der Waals surface area contributed by atoms with Gasteiger partial charge in [-0.25, -0.2) is 43.9 Å². The van der Waals surface area contributed by atoms with Crippen molar-refractivity contribution < 1.29 is 58.6 Å². The van der Waals surface area contributed by atoms with Crippen LogP contribution in [0.5, 0.6) is 5.75 Å². The van der Waals surface area contributed by atoms with Crippen LogP contribution in [0, 0.1) is 47.6 Å². The predicted molar refractivity (Wildman–Crippen MR) is 184 cm³/mol.